The van der Waals surface area contributed by atoms with Gasteiger partial charge in [0.1, 0.15) is 6.17 Å². The molecule has 0 radical (unpaired) electrons. The third-order valence-corrected chi connectivity index (χ3v) is 3.93. The molecule has 2 saturated heterocycles. The van der Waals surface area contributed by atoms with Crippen LogP contribution in [-0.4, -0.2) is 23.1 Å². The molecule has 2 atom stereocenters. The SMILES string of the molecule is O=C1NNC2CCCC(CCC3CC3)N12. The molecule has 2 amide bonds. The fourth-order valence-electron chi connectivity index (χ4n) is 2.86. The van der Waals surface area contributed by atoms with E-state index >= 15 is 0 Å². The number of urea groups is 1. The smallest absolute Gasteiger partial charge is 0.304 e. The number of hydrogen-bond acceptors (Lipinski definition) is 2. The molecule has 84 valence electrons. The number of amides is 2. The number of hydrazine groups is 1. The lowest BCUT2D eigenvalue weighted by atomic mass is 9.96. The molecule has 2 heterocycles. The second-order valence-corrected chi connectivity index (χ2v) is 5.10. The van der Waals surface area contributed by atoms with E-state index < -0.39 is 0 Å². The Morgan fingerprint density at radius 1 is 1.20 bits per heavy atom. The van der Waals surface area contributed by atoms with E-state index in [2.05, 4.69) is 10.9 Å². The van der Waals surface area contributed by atoms with Gasteiger partial charge in [-0.05, 0) is 38.0 Å². The number of carbonyl (C=O) groups is 1. The summed E-state index contributed by atoms with van der Waals surface area (Å²) in [4.78, 5) is 13.7. The molecule has 15 heavy (non-hydrogen) atoms. The Labute approximate surface area is 90.4 Å². The average Bonchev–Trinajstić information content (AvgIpc) is 3.00. The highest BCUT2D eigenvalue weighted by atomic mass is 16.2. The highest BCUT2D eigenvalue weighted by molar-refractivity contribution is 5.76. The highest BCUT2D eigenvalue weighted by Crippen LogP contribution is 2.36. The van der Waals surface area contributed by atoms with Crippen LogP contribution < -0.4 is 10.9 Å². The van der Waals surface area contributed by atoms with Gasteiger partial charge in [-0.25, -0.2) is 10.2 Å². The molecule has 0 aromatic rings. The van der Waals surface area contributed by atoms with E-state index in [4.69, 9.17) is 0 Å². The van der Waals surface area contributed by atoms with Crippen molar-refractivity contribution in [1.29, 1.82) is 0 Å². The summed E-state index contributed by atoms with van der Waals surface area (Å²) in [6.07, 6.45) is 9.16. The van der Waals surface area contributed by atoms with Crippen molar-refractivity contribution < 1.29 is 4.79 Å². The van der Waals surface area contributed by atoms with Crippen LogP contribution in [0.15, 0.2) is 0 Å². The Bertz CT molecular complexity index is 265. The lowest BCUT2D eigenvalue weighted by molar-refractivity contribution is 0.123. The zero-order chi connectivity index (χ0) is 10.3. The fourth-order valence-corrected chi connectivity index (χ4v) is 2.86. The van der Waals surface area contributed by atoms with E-state index in [1.807, 2.05) is 4.90 Å². The lowest BCUT2D eigenvalue weighted by Crippen LogP contribution is -2.47. The molecular formula is C11H19N3O. The topological polar surface area (TPSA) is 44.4 Å². The Morgan fingerprint density at radius 3 is 2.87 bits per heavy atom. The molecule has 0 aromatic carbocycles. The summed E-state index contributed by atoms with van der Waals surface area (Å²) in [6, 6.07) is 0.569. The molecule has 4 heteroatoms. The summed E-state index contributed by atoms with van der Waals surface area (Å²) >= 11 is 0. The van der Waals surface area contributed by atoms with Crippen LogP contribution in [0, 0.1) is 5.92 Å². The van der Waals surface area contributed by atoms with Crippen LogP contribution in [0.3, 0.4) is 0 Å². The first-order chi connectivity index (χ1) is 7.34. The molecule has 2 aliphatic heterocycles. The summed E-state index contributed by atoms with van der Waals surface area (Å²) in [5.41, 5.74) is 5.80. The molecule has 0 aromatic heterocycles. The van der Waals surface area contributed by atoms with Crippen molar-refractivity contribution in [3.8, 4) is 0 Å². The number of piperidine rings is 1. The van der Waals surface area contributed by atoms with E-state index in [0.29, 0.717) is 6.04 Å². The first-order valence-electron chi connectivity index (χ1n) is 6.18. The predicted octanol–water partition coefficient (Wildman–Crippen LogP) is 1.58. The maximum Gasteiger partial charge on any atom is 0.333 e. The van der Waals surface area contributed by atoms with Gasteiger partial charge in [-0.1, -0.05) is 12.8 Å². The monoisotopic (exact) mass is 209 g/mol. The van der Waals surface area contributed by atoms with Gasteiger partial charge in [0.25, 0.3) is 0 Å². The Hall–Kier alpha value is -0.770. The van der Waals surface area contributed by atoms with Crippen LogP contribution in [-0.2, 0) is 0 Å². The second kappa shape index (κ2) is 3.67. The van der Waals surface area contributed by atoms with Gasteiger partial charge in [-0.15, -0.1) is 0 Å². The number of hydrogen-bond donors (Lipinski definition) is 2. The van der Waals surface area contributed by atoms with Crippen LogP contribution in [0.2, 0.25) is 0 Å². The van der Waals surface area contributed by atoms with Crippen molar-refractivity contribution in [2.75, 3.05) is 0 Å². The number of rotatable bonds is 3. The van der Waals surface area contributed by atoms with E-state index in [1.165, 1.54) is 38.5 Å². The Morgan fingerprint density at radius 2 is 2.07 bits per heavy atom. The maximum atomic E-state index is 11.6. The average molecular weight is 209 g/mol. The quantitative estimate of drug-likeness (QED) is 0.741. The van der Waals surface area contributed by atoms with E-state index in [-0.39, 0.29) is 12.2 Å². The summed E-state index contributed by atoms with van der Waals surface area (Å²) in [6.45, 7) is 0. The summed E-state index contributed by atoms with van der Waals surface area (Å²) in [7, 11) is 0. The zero-order valence-electron chi connectivity index (χ0n) is 9.04. The Balaban J connectivity index is 1.61. The molecule has 4 nitrogen and oxygen atoms in total. The highest BCUT2D eigenvalue weighted by Gasteiger charge is 2.38. The first-order valence-corrected chi connectivity index (χ1v) is 6.18. The zero-order valence-corrected chi connectivity index (χ0v) is 9.04. The third-order valence-electron chi connectivity index (χ3n) is 3.93. The van der Waals surface area contributed by atoms with Crippen LogP contribution in [0.1, 0.15) is 44.9 Å². The van der Waals surface area contributed by atoms with Crippen molar-refractivity contribution in [2.24, 2.45) is 5.92 Å². The largest absolute Gasteiger partial charge is 0.333 e. The van der Waals surface area contributed by atoms with Gasteiger partial charge in [0, 0.05) is 6.04 Å². The maximum absolute atomic E-state index is 11.6. The van der Waals surface area contributed by atoms with Crippen molar-refractivity contribution in [3.63, 3.8) is 0 Å². The van der Waals surface area contributed by atoms with Crippen LogP contribution in [0.5, 0.6) is 0 Å². The molecule has 0 bridgehead atoms. The minimum Gasteiger partial charge on any atom is -0.304 e. The van der Waals surface area contributed by atoms with Crippen LogP contribution in [0.25, 0.3) is 0 Å². The molecule has 3 rings (SSSR count). The van der Waals surface area contributed by atoms with Crippen molar-refractivity contribution in [3.05, 3.63) is 0 Å². The number of carbonyl (C=O) groups excluding carboxylic acids is 1. The predicted molar refractivity (Wildman–Crippen MR) is 56.9 cm³/mol. The van der Waals surface area contributed by atoms with Gasteiger partial charge >= 0.3 is 6.03 Å². The Kier molecular flexibility index (Phi) is 2.31. The van der Waals surface area contributed by atoms with E-state index in [1.54, 1.807) is 0 Å². The first kappa shape index (κ1) is 9.46. The third kappa shape index (κ3) is 1.83. The molecule has 3 fully saturated rings. The molecular weight excluding hydrogens is 190 g/mol. The van der Waals surface area contributed by atoms with Crippen LogP contribution >= 0.6 is 0 Å². The van der Waals surface area contributed by atoms with E-state index in [0.717, 1.165) is 12.3 Å². The van der Waals surface area contributed by atoms with Gasteiger partial charge in [0.15, 0.2) is 0 Å². The molecule has 1 aliphatic carbocycles. The van der Waals surface area contributed by atoms with Crippen molar-refractivity contribution in [1.82, 2.24) is 15.8 Å². The minimum absolute atomic E-state index is 0.0838. The molecule has 2 unspecified atom stereocenters. The van der Waals surface area contributed by atoms with Crippen LogP contribution in [0.4, 0.5) is 4.79 Å². The number of fused-ring (bicyclic) bond motifs is 1. The summed E-state index contributed by atoms with van der Waals surface area (Å²) in [5.74, 6) is 0.976. The number of nitrogens with one attached hydrogen (secondary N) is 2. The standard InChI is InChI=1S/C11H19N3O/c15-11-13-12-10-3-1-2-9(14(10)11)7-6-8-4-5-8/h8-10,12H,1-7H2,(H,13,15). The van der Waals surface area contributed by atoms with Gasteiger partial charge in [-0.3, -0.25) is 5.43 Å². The van der Waals surface area contributed by atoms with Gasteiger partial charge < -0.3 is 4.90 Å². The number of nitrogens with zero attached hydrogens (tertiary/aromatic N) is 1. The van der Waals surface area contributed by atoms with Gasteiger partial charge in [0.05, 0.1) is 0 Å². The summed E-state index contributed by atoms with van der Waals surface area (Å²) in [5, 5.41) is 0. The lowest BCUT2D eigenvalue weighted by Gasteiger charge is -2.36. The molecule has 1 saturated carbocycles. The molecule has 2 N–H and O–H groups in total. The van der Waals surface area contributed by atoms with E-state index in [9.17, 15) is 4.79 Å². The molecule has 3 aliphatic rings. The van der Waals surface area contributed by atoms with Gasteiger partial charge in [0.2, 0.25) is 0 Å². The summed E-state index contributed by atoms with van der Waals surface area (Å²) < 4.78 is 0. The van der Waals surface area contributed by atoms with Gasteiger partial charge in [-0.2, -0.15) is 0 Å². The minimum atomic E-state index is 0.0838. The van der Waals surface area contributed by atoms with Crippen molar-refractivity contribution >= 4 is 6.03 Å². The second-order valence-electron chi connectivity index (χ2n) is 5.10. The van der Waals surface area contributed by atoms with Crippen molar-refractivity contribution in [2.45, 2.75) is 57.2 Å². The normalized spacial score (nSPS) is 35.2. The fraction of sp³-hybridized carbons (Fsp3) is 0.909. The molecule has 0 spiro atoms.